The highest BCUT2D eigenvalue weighted by Gasteiger charge is 2.31. The minimum Gasteiger partial charge on any atom is -0.391 e. The Bertz CT molecular complexity index is 963. The van der Waals surface area contributed by atoms with Crippen molar-refractivity contribution in [2.24, 2.45) is 5.73 Å². The van der Waals surface area contributed by atoms with Gasteiger partial charge in [-0.25, -0.2) is 15.0 Å². The fraction of sp³-hybridized carbons (Fsp3) is 0.353. The summed E-state index contributed by atoms with van der Waals surface area (Å²) < 4.78 is 40.4. The van der Waals surface area contributed by atoms with E-state index in [2.05, 4.69) is 15.0 Å². The molecule has 0 aliphatic carbocycles. The summed E-state index contributed by atoms with van der Waals surface area (Å²) in [5.41, 5.74) is 5.88. The molecule has 0 radical (unpaired) electrons. The zero-order valence-electron chi connectivity index (χ0n) is 14.1. The highest BCUT2D eigenvalue weighted by atomic mass is 19.4. The molecule has 1 fully saturated rings. The van der Waals surface area contributed by atoms with Crippen molar-refractivity contribution in [3.63, 3.8) is 0 Å². The molecule has 7 nitrogen and oxygen atoms in total. The molecule has 10 heteroatoms. The number of fused-ring (bicyclic) bond motifs is 1. The summed E-state index contributed by atoms with van der Waals surface area (Å²) in [4.78, 5) is 14.6. The van der Waals surface area contributed by atoms with E-state index in [4.69, 9.17) is 5.73 Å². The number of piperidine rings is 1. The number of anilines is 1. The summed E-state index contributed by atoms with van der Waals surface area (Å²) in [7, 11) is 0. The molecular formula is C17H17F3N6O. The van der Waals surface area contributed by atoms with Gasteiger partial charge in [0.1, 0.15) is 17.2 Å². The number of pyridine rings is 1. The Kier molecular flexibility index (Phi) is 4.23. The predicted molar refractivity (Wildman–Crippen MR) is 92.0 cm³/mol. The van der Waals surface area contributed by atoms with Gasteiger partial charge in [-0.1, -0.05) is 0 Å². The van der Waals surface area contributed by atoms with Gasteiger partial charge in [-0.3, -0.25) is 4.40 Å². The van der Waals surface area contributed by atoms with Gasteiger partial charge in [-0.05, 0) is 24.6 Å². The Balaban J connectivity index is 1.74. The van der Waals surface area contributed by atoms with Crippen LogP contribution in [0.2, 0.25) is 0 Å². The molecule has 1 aliphatic rings. The lowest BCUT2D eigenvalue weighted by atomic mass is 10.0. The molecule has 1 saturated heterocycles. The number of alkyl halides is 3. The first-order chi connectivity index (χ1) is 12.8. The van der Waals surface area contributed by atoms with Crippen molar-refractivity contribution >= 4 is 11.5 Å². The van der Waals surface area contributed by atoms with Crippen LogP contribution in [0.5, 0.6) is 0 Å². The SMILES string of the molecule is N[C@H]1C[C@H](O)CN(c2ccnc(-c3cnc4ccc(C(F)(F)F)cn34)n2)C1. The van der Waals surface area contributed by atoms with Gasteiger partial charge in [0.15, 0.2) is 5.82 Å². The second-order valence-electron chi connectivity index (χ2n) is 6.58. The van der Waals surface area contributed by atoms with E-state index in [1.165, 1.54) is 22.9 Å². The highest BCUT2D eigenvalue weighted by Crippen LogP contribution is 2.30. The summed E-state index contributed by atoms with van der Waals surface area (Å²) in [5, 5.41) is 9.93. The molecule has 27 heavy (non-hydrogen) atoms. The van der Waals surface area contributed by atoms with Crippen molar-refractivity contribution in [3.05, 3.63) is 42.4 Å². The quantitative estimate of drug-likeness (QED) is 0.705. The second kappa shape index (κ2) is 6.46. The summed E-state index contributed by atoms with van der Waals surface area (Å²) in [6.45, 7) is 0.911. The maximum absolute atomic E-state index is 13.0. The average molecular weight is 378 g/mol. The predicted octanol–water partition coefficient (Wildman–Crippen LogP) is 1.71. The van der Waals surface area contributed by atoms with Gasteiger partial charge in [-0.2, -0.15) is 13.2 Å². The zero-order chi connectivity index (χ0) is 19.2. The molecule has 142 valence electrons. The number of imidazole rings is 1. The topological polar surface area (TPSA) is 92.6 Å². The highest BCUT2D eigenvalue weighted by molar-refractivity contribution is 5.59. The van der Waals surface area contributed by atoms with Crippen LogP contribution in [0.1, 0.15) is 12.0 Å². The van der Waals surface area contributed by atoms with Crippen molar-refractivity contribution in [2.75, 3.05) is 18.0 Å². The van der Waals surface area contributed by atoms with Crippen molar-refractivity contribution in [2.45, 2.75) is 24.7 Å². The Hall–Kier alpha value is -2.72. The molecule has 0 spiro atoms. The monoisotopic (exact) mass is 378 g/mol. The number of nitrogens with zero attached hydrogens (tertiary/aromatic N) is 5. The average Bonchev–Trinajstić information content (AvgIpc) is 3.03. The van der Waals surface area contributed by atoms with Gasteiger partial charge in [0.25, 0.3) is 0 Å². The Morgan fingerprint density at radius 2 is 1.96 bits per heavy atom. The second-order valence-corrected chi connectivity index (χ2v) is 6.58. The van der Waals surface area contributed by atoms with E-state index < -0.39 is 17.8 Å². The van der Waals surface area contributed by atoms with Gasteiger partial charge in [0, 0.05) is 31.5 Å². The number of halogens is 3. The third-order valence-corrected chi connectivity index (χ3v) is 4.49. The van der Waals surface area contributed by atoms with Crippen LogP contribution in [0.4, 0.5) is 19.0 Å². The maximum atomic E-state index is 13.0. The molecule has 0 unspecified atom stereocenters. The van der Waals surface area contributed by atoms with E-state index in [0.29, 0.717) is 36.7 Å². The zero-order valence-corrected chi connectivity index (χ0v) is 14.1. The van der Waals surface area contributed by atoms with E-state index in [-0.39, 0.29) is 11.9 Å². The van der Waals surface area contributed by atoms with Crippen molar-refractivity contribution in [1.82, 2.24) is 19.4 Å². The first kappa shape index (κ1) is 17.7. The van der Waals surface area contributed by atoms with E-state index in [0.717, 1.165) is 12.3 Å². The van der Waals surface area contributed by atoms with Crippen LogP contribution in [-0.2, 0) is 6.18 Å². The number of β-amino-alcohol motifs (C(OH)–C–C–N with tert-alkyl or cyclic N) is 1. The van der Waals surface area contributed by atoms with Gasteiger partial charge in [-0.15, -0.1) is 0 Å². The van der Waals surface area contributed by atoms with Crippen LogP contribution in [0.15, 0.2) is 36.8 Å². The molecular weight excluding hydrogens is 361 g/mol. The number of hydrogen-bond acceptors (Lipinski definition) is 6. The molecule has 1 aliphatic heterocycles. The van der Waals surface area contributed by atoms with Crippen LogP contribution >= 0.6 is 0 Å². The van der Waals surface area contributed by atoms with Crippen molar-refractivity contribution in [1.29, 1.82) is 0 Å². The van der Waals surface area contributed by atoms with Crippen molar-refractivity contribution in [3.8, 4) is 11.5 Å². The lowest BCUT2D eigenvalue weighted by Crippen LogP contribution is -2.49. The minimum atomic E-state index is -4.46. The number of aromatic nitrogens is 4. The summed E-state index contributed by atoms with van der Waals surface area (Å²) in [6, 6.07) is 3.78. The number of aliphatic hydroxyl groups excluding tert-OH is 1. The third-order valence-electron chi connectivity index (χ3n) is 4.49. The molecule has 2 atom stereocenters. The molecule has 4 heterocycles. The van der Waals surface area contributed by atoms with E-state index >= 15 is 0 Å². The lowest BCUT2D eigenvalue weighted by Gasteiger charge is -2.34. The summed E-state index contributed by atoms with van der Waals surface area (Å²) in [5.74, 6) is 0.795. The number of aliphatic hydroxyl groups is 1. The largest absolute Gasteiger partial charge is 0.417 e. The van der Waals surface area contributed by atoms with Gasteiger partial charge in [0.2, 0.25) is 0 Å². The maximum Gasteiger partial charge on any atom is 0.417 e. The molecule has 3 N–H and O–H groups in total. The molecule has 0 amide bonds. The molecule has 3 aromatic rings. The molecule has 0 aromatic carbocycles. The van der Waals surface area contributed by atoms with Gasteiger partial charge in [0.05, 0.1) is 17.9 Å². The third kappa shape index (κ3) is 3.45. The Morgan fingerprint density at radius 1 is 1.15 bits per heavy atom. The standard InChI is InChI=1S/C17H17F3N6O/c18-17(19,20)10-1-2-14-23-6-13(26(14)7-10)16-22-4-3-15(24-16)25-8-11(21)5-12(27)9-25/h1-4,6-7,11-12,27H,5,8-9,21H2/t11-,12-/m0/s1. The van der Waals surface area contributed by atoms with Crippen LogP contribution in [-0.4, -0.2) is 49.7 Å². The first-order valence-corrected chi connectivity index (χ1v) is 8.37. The molecule has 4 rings (SSSR count). The summed E-state index contributed by atoms with van der Waals surface area (Å²) in [6.07, 6.45) is -0.561. The lowest BCUT2D eigenvalue weighted by molar-refractivity contribution is -0.137. The van der Waals surface area contributed by atoms with Gasteiger partial charge >= 0.3 is 6.18 Å². The number of rotatable bonds is 2. The molecule has 3 aromatic heterocycles. The van der Waals surface area contributed by atoms with Crippen LogP contribution in [0.3, 0.4) is 0 Å². The van der Waals surface area contributed by atoms with E-state index in [1.807, 2.05) is 4.90 Å². The normalized spacial score (nSPS) is 21.0. The Labute approximate surface area is 152 Å². The minimum absolute atomic E-state index is 0.183. The fourth-order valence-electron chi connectivity index (χ4n) is 3.26. The van der Waals surface area contributed by atoms with Crippen LogP contribution < -0.4 is 10.6 Å². The van der Waals surface area contributed by atoms with E-state index in [9.17, 15) is 18.3 Å². The molecule has 0 saturated carbocycles. The van der Waals surface area contributed by atoms with Crippen LogP contribution in [0, 0.1) is 0 Å². The van der Waals surface area contributed by atoms with E-state index in [1.54, 1.807) is 6.07 Å². The smallest absolute Gasteiger partial charge is 0.391 e. The number of nitrogens with two attached hydrogens (primary N) is 1. The number of hydrogen-bond donors (Lipinski definition) is 2. The first-order valence-electron chi connectivity index (χ1n) is 8.37. The Morgan fingerprint density at radius 3 is 2.70 bits per heavy atom. The van der Waals surface area contributed by atoms with Crippen molar-refractivity contribution < 1.29 is 18.3 Å². The molecule has 0 bridgehead atoms. The fourth-order valence-corrected chi connectivity index (χ4v) is 3.26. The van der Waals surface area contributed by atoms with Gasteiger partial charge < -0.3 is 15.7 Å². The van der Waals surface area contributed by atoms with Crippen LogP contribution in [0.25, 0.3) is 17.2 Å². The summed E-state index contributed by atoms with van der Waals surface area (Å²) >= 11 is 0.